The predicted octanol–water partition coefficient (Wildman–Crippen LogP) is 6.04. The van der Waals surface area contributed by atoms with Crippen molar-refractivity contribution in [1.82, 2.24) is 0 Å². The Morgan fingerprint density at radius 1 is 0.769 bits per heavy atom. The van der Waals surface area contributed by atoms with Gasteiger partial charge in [-0.3, -0.25) is 4.89 Å². The maximum atomic E-state index is 12.2. The zero-order valence-electron chi connectivity index (χ0n) is 14.7. The number of rotatable bonds is 6. The number of hydrogen-bond donors (Lipinski definition) is 1. The van der Waals surface area contributed by atoms with Gasteiger partial charge >= 0.3 is 7.82 Å². The summed E-state index contributed by atoms with van der Waals surface area (Å²) in [6, 6.07) is 23.7. The van der Waals surface area contributed by atoms with Gasteiger partial charge in [0.2, 0.25) is 0 Å². The van der Waals surface area contributed by atoms with Crippen molar-refractivity contribution < 1.29 is 18.5 Å². The number of phosphoric acid groups is 1. The van der Waals surface area contributed by atoms with Crippen LogP contribution in [-0.2, 0) is 4.57 Å². The third-order valence-corrected chi connectivity index (χ3v) is 4.82. The third-order valence-electron chi connectivity index (χ3n) is 3.93. The molecular formula is C21H21O4P. The van der Waals surface area contributed by atoms with Crippen molar-refractivity contribution in [3.8, 4) is 22.6 Å². The van der Waals surface area contributed by atoms with Gasteiger partial charge in [0.05, 0.1) is 0 Å². The van der Waals surface area contributed by atoms with Gasteiger partial charge < -0.3 is 9.05 Å². The van der Waals surface area contributed by atoms with E-state index in [-0.39, 0.29) is 11.5 Å². The van der Waals surface area contributed by atoms with E-state index < -0.39 is 7.82 Å². The molecule has 3 aromatic carbocycles. The molecule has 1 unspecified atom stereocenters. The van der Waals surface area contributed by atoms with Crippen LogP contribution in [0.1, 0.15) is 25.3 Å². The first-order valence-electron chi connectivity index (χ1n) is 8.41. The van der Waals surface area contributed by atoms with E-state index in [4.69, 9.17) is 9.05 Å². The minimum Gasteiger partial charge on any atom is -0.395 e. The molecule has 0 amide bonds. The zero-order chi connectivity index (χ0) is 18.6. The maximum Gasteiger partial charge on any atom is 0.584 e. The molecule has 0 aliphatic heterocycles. The first kappa shape index (κ1) is 18.2. The number of phosphoric ester groups is 1. The first-order chi connectivity index (χ1) is 12.4. The van der Waals surface area contributed by atoms with E-state index in [9.17, 15) is 9.46 Å². The van der Waals surface area contributed by atoms with Gasteiger partial charge in [-0.05, 0) is 46.9 Å². The standard InChI is InChI=1S/C21H21O4P/c1-16(2)20-10-6-7-11-21(20)17-12-14-19(15-13-17)25-26(22,23)24-18-8-4-3-5-9-18/h3-16H,1-2H3,(H,22,23). The SMILES string of the molecule is CC(C)c1ccccc1-c1ccc(OP(=O)(O)Oc2ccccc2)cc1. The molecule has 3 aromatic rings. The van der Waals surface area contributed by atoms with Gasteiger partial charge in [-0.1, -0.05) is 68.4 Å². The van der Waals surface area contributed by atoms with E-state index in [0.29, 0.717) is 5.92 Å². The van der Waals surface area contributed by atoms with Crippen LogP contribution in [0, 0.1) is 0 Å². The van der Waals surface area contributed by atoms with E-state index in [1.165, 1.54) is 5.56 Å². The Hall–Kier alpha value is -2.55. The van der Waals surface area contributed by atoms with Crippen LogP contribution in [0.15, 0.2) is 78.9 Å². The second-order valence-electron chi connectivity index (χ2n) is 6.23. The van der Waals surface area contributed by atoms with Crippen molar-refractivity contribution in [2.45, 2.75) is 19.8 Å². The Morgan fingerprint density at radius 2 is 1.31 bits per heavy atom. The summed E-state index contributed by atoms with van der Waals surface area (Å²) in [5.74, 6) is 0.956. The Kier molecular flexibility index (Phi) is 5.46. The van der Waals surface area contributed by atoms with Crippen LogP contribution in [0.3, 0.4) is 0 Å². The Bertz CT molecular complexity index is 905. The smallest absolute Gasteiger partial charge is 0.395 e. The summed E-state index contributed by atoms with van der Waals surface area (Å²) in [5.41, 5.74) is 3.42. The Labute approximate surface area is 153 Å². The fourth-order valence-electron chi connectivity index (χ4n) is 2.73. The highest BCUT2D eigenvalue weighted by molar-refractivity contribution is 7.48. The van der Waals surface area contributed by atoms with Crippen molar-refractivity contribution in [2.24, 2.45) is 0 Å². The molecule has 0 aliphatic rings. The molecule has 26 heavy (non-hydrogen) atoms. The molecule has 0 radical (unpaired) electrons. The summed E-state index contributed by atoms with van der Waals surface area (Å²) in [6.07, 6.45) is 0. The molecule has 0 fully saturated rings. The van der Waals surface area contributed by atoms with E-state index in [1.54, 1.807) is 42.5 Å². The molecular weight excluding hydrogens is 347 g/mol. The molecule has 0 bridgehead atoms. The van der Waals surface area contributed by atoms with Crippen LogP contribution < -0.4 is 9.05 Å². The molecule has 0 heterocycles. The van der Waals surface area contributed by atoms with E-state index in [1.807, 2.05) is 24.3 Å². The molecule has 0 saturated heterocycles. The monoisotopic (exact) mass is 368 g/mol. The Balaban J connectivity index is 1.77. The van der Waals surface area contributed by atoms with Gasteiger partial charge in [0.15, 0.2) is 0 Å². The molecule has 5 heteroatoms. The molecule has 0 saturated carbocycles. The molecule has 0 aliphatic carbocycles. The lowest BCUT2D eigenvalue weighted by Gasteiger charge is -2.15. The second-order valence-corrected chi connectivity index (χ2v) is 7.53. The molecule has 0 spiro atoms. The highest BCUT2D eigenvalue weighted by atomic mass is 31.2. The van der Waals surface area contributed by atoms with Crippen LogP contribution in [0.5, 0.6) is 11.5 Å². The van der Waals surface area contributed by atoms with Crippen molar-refractivity contribution in [1.29, 1.82) is 0 Å². The summed E-state index contributed by atoms with van der Waals surface area (Å²) < 4.78 is 22.4. The van der Waals surface area contributed by atoms with Gasteiger partial charge in [0, 0.05) is 0 Å². The van der Waals surface area contributed by atoms with Crippen LogP contribution in [-0.4, -0.2) is 4.89 Å². The average molecular weight is 368 g/mol. The average Bonchev–Trinajstić information content (AvgIpc) is 2.62. The molecule has 0 aromatic heterocycles. The maximum absolute atomic E-state index is 12.2. The number of benzene rings is 3. The summed E-state index contributed by atoms with van der Waals surface area (Å²) >= 11 is 0. The van der Waals surface area contributed by atoms with Gasteiger partial charge in [-0.25, -0.2) is 4.57 Å². The fraction of sp³-hybridized carbons (Fsp3) is 0.143. The highest BCUT2D eigenvalue weighted by Gasteiger charge is 2.25. The summed E-state index contributed by atoms with van der Waals surface area (Å²) in [5, 5.41) is 0. The highest BCUT2D eigenvalue weighted by Crippen LogP contribution is 2.44. The summed E-state index contributed by atoms with van der Waals surface area (Å²) in [7, 11) is -4.25. The van der Waals surface area contributed by atoms with Gasteiger partial charge in [0.1, 0.15) is 11.5 Å². The van der Waals surface area contributed by atoms with Gasteiger partial charge in [-0.15, -0.1) is 0 Å². The number of para-hydroxylation sites is 1. The molecule has 3 rings (SSSR count). The minimum atomic E-state index is -4.25. The molecule has 4 nitrogen and oxygen atoms in total. The van der Waals surface area contributed by atoms with Gasteiger partial charge in [-0.2, -0.15) is 0 Å². The third kappa shape index (κ3) is 4.54. The van der Waals surface area contributed by atoms with E-state index >= 15 is 0 Å². The Morgan fingerprint density at radius 3 is 1.92 bits per heavy atom. The lowest BCUT2D eigenvalue weighted by Crippen LogP contribution is -1.99. The van der Waals surface area contributed by atoms with Gasteiger partial charge in [0.25, 0.3) is 0 Å². The van der Waals surface area contributed by atoms with Crippen LogP contribution in [0.25, 0.3) is 11.1 Å². The number of hydrogen-bond acceptors (Lipinski definition) is 3. The van der Waals surface area contributed by atoms with E-state index in [0.717, 1.165) is 11.1 Å². The lowest BCUT2D eigenvalue weighted by molar-refractivity contribution is 0.291. The first-order valence-corrected chi connectivity index (χ1v) is 9.90. The largest absolute Gasteiger partial charge is 0.584 e. The minimum absolute atomic E-state index is 0.276. The molecule has 1 atom stereocenters. The molecule has 134 valence electrons. The van der Waals surface area contributed by atoms with Crippen LogP contribution in [0.2, 0.25) is 0 Å². The predicted molar refractivity (Wildman–Crippen MR) is 103 cm³/mol. The van der Waals surface area contributed by atoms with Crippen LogP contribution in [0.4, 0.5) is 0 Å². The van der Waals surface area contributed by atoms with Crippen LogP contribution >= 0.6 is 7.82 Å². The fourth-order valence-corrected chi connectivity index (χ4v) is 3.54. The van der Waals surface area contributed by atoms with Crippen molar-refractivity contribution in [3.05, 3.63) is 84.4 Å². The normalized spacial score (nSPS) is 13.2. The summed E-state index contributed by atoms with van der Waals surface area (Å²) in [6.45, 7) is 4.30. The van der Waals surface area contributed by atoms with Crippen molar-refractivity contribution in [3.63, 3.8) is 0 Å². The topological polar surface area (TPSA) is 55.8 Å². The zero-order valence-corrected chi connectivity index (χ0v) is 15.6. The second kappa shape index (κ2) is 7.77. The summed E-state index contributed by atoms with van der Waals surface area (Å²) in [4.78, 5) is 9.94. The van der Waals surface area contributed by atoms with Crippen molar-refractivity contribution in [2.75, 3.05) is 0 Å². The van der Waals surface area contributed by atoms with Crippen molar-refractivity contribution >= 4 is 7.82 Å². The quantitative estimate of drug-likeness (QED) is 0.539. The molecule has 1 N–H and O–H groups in total. The van der Waals surface area contributed by atoms with E-state index in [2.05, 4.69) is 26.0 Å². The lowest BCUT2D eigenvalue weighted by atomic mass is 9.93.